The lowest BCUT2D eigenvalue weighted by Gasteiger charge is -2.17. The average Bonchev–Trinajstić information content (AvgIpc) is 2.88. The highest BCUT2D eigenvalue weighted by Gasteiger charge is 2.37. The van der Waals surface area contributed by atoms with Gasteiger partial charge in [0.25, 0.3) is 11.7 Å². The lowest BCUT2D eigenvalue weighted by atomic mass is 10.1. The highest BCUT2D eigenvalue weighted by atomic mass is 79.9. The largest absolute Gasteiger partial charge is 0.299 e. The Bertz CT molecular complexity index is 739. The molecule has 0 N–H and O–H groups in total. The number of nitrogens with zero attached hydrogens (tertiary/aromatic N) is 2. The molecule has 6 heteroatoms. The minimum Gasteiger partial charge on any atom is -0.299 e. The van der Waals surface area contributed by atoms with Gasteiger partial charge in [-0.25, -0.2) is 4.98 Å². The SMILES string of the molecule is Cc1ncc(CN2C(=O)C(=O)c3cc(Br)cc(C)c32)s1. The number of hydrogen-bond donors (Lipinski definition) is 0. The predicted molar refractivity (Wildman–Crippen MR) is 81.3 cm³/mol. The van der Waals surface area contributed by atoms with Crippen LogP contribution in [0.2, 0.25) is 0 Å². The summed E-state index contributed by atoms with van der Waals surface area (Å²) in [6, 6.07) is 3.62. The Morgan fingerprint density at radius 3 is 2.70 bits per heavy atom. The predicted octanol–water partition coefficient (Wildman–Crippen LogP) is 3.25. The maximum Gasteiger partial charge on any atom is 0.299 e. The third-order valence-corrected chi connectivity index (χ3v) is 4.56. The fourth-order valence-corrected chi connectivity index (χ4v) is 3.75. The number of carbonyl (C=O) groups is 2. The zero-order valence-corrected chi connectivity index (χ0v) is 13.3. The van der Waals surface area contributed by atoms with E-state index in [1.165, 1.54) is 11.3 Å². The van der Waals surface area contributed by atoms with Crippen LogP contribution in [0, 0.1) is 13.8 Å². The van der Waals surface area contributed by atoms with Gasteiger partial charge in [-0.05, 0) is 31.5 Å². The Morgan fingerprint density at radius 2 is 2.05 bits per heavy atom. The molecule has 1 aromatic carbocycles. The van der Waals surface area contributed by atoms with Crippen molar-refractivity contribution in [3.8, 4) is 0 Å². The molecule has 4 nitrogen and oxygen atoms in total. The molecule has 2 aromatic rings. The molecular weight excluding hydrogens is 340 g/mol. The summed E-state index contributed by atoms with van der Waals surface area (Å²) in [6.07, 6.45) is 1.75. The van der Waals surface area contributed by atoms with Crippen LogP contribution < -0.4 is 4.90 Å². The molecule has 1 aliphatic heterocycles. The lowest BCUT2D eigenvalue weighted by molar-refractivity contribution is -0.114. The molecule has 1 amide bonds. The van der Waals surface area contributed by atoms with Crippen molar-refractivity contribution in [2.24, 2.45) is 0 Å². The molecule has 0 saturated carbocycles. The van der Waals surface area contributed by atoms with Crippen molar-refractivity contribution in [2.75, 3.05) is 4.90 Å². The lowest BCUT2D eigenvalue weighted by Crippen LogP contribution is -2.29. The quantitative estimate of drug-likeness (QED) is 0.781. The molecule has 3 rings (SSSR count). The number of aromatic nitrogens is 1. The minimum atomic E-state index is -0.466. The Kier molecular flexibility index (Phi) is 3.22. The first-order valence-electron chi connectivity index (χ1n) is 6.05. The first-order chi connectivity index (χ1) is 9.47. The molecule has 2 heterocycles. The van der Waals surface area contributed by atoms with Crippen molar-refractivity contribution >= 4 is 44.6 Å². The van der Waals surface area contributed by atoms with Gasteiger partial charge in [-0.3, -0.25) is 14.5 Å². The zero-order valence-electron chi connectivity index (χ0n) is 10.9. The zero-order chi connectivity index (χ0) is 14.4. The van der Waals surface area contributed by atoms with Gasteiger partial charge in [0.15, 0.2) is 0 Å². The first kappa shape index (κ1) is 13.5. The number of benzene rings is 1. The monoisotopic (exact) mass is 350 g/mol. The highest BCUT2D eigenvalue weighted by Crippen LogP contribution is 2.36. The van der Waals surface area contributed by atoms with E-state index in [4.69, 9.17) is 0 Å². The van der Waals surface area contributed by atoms with Crippen LogP contribution in [0.5, 0.6) is 0 Å². The second-order valence-electron chi connectivity index (χ2n) is 4.68. The molecule has 0 fully saturated rings. The molecule has 1 aliphatic rings. The van der Waals surface area contributed by atoms with Crippen LogP contribution in [0.1, 0.15) is 25.8 Å². The summed E-state index contributed by atoms with van der Waals surface area (Å²) >= 11 is 4.90. The summed E-state index contributed by atoms with van der Waals surface area (Å²) in [5.74, 6) is -0.905. The second kappa shape index (κ2) is 4.79. The molecule has 0 atom stereocenters. The van der Waals surface area contributed by atoms with E-state index in [9.17, 15) is 9.59 Å². The summed E-state index contributed by atoms with van der Waals surface area (Å²) in [7, 11) is 0. The number of anilines is 1. The third kappa shape index (κ3) is 2.09. The van der Waals surface area contributed by atoms with Gasteiger partial charge in [-0.2, -0.15) is 0 Å². The molecule has 102 valence electrons. The smallest absolute Gasteiger partial charge is 0.299 e. The van der Waals surface area contributed by atoms with Crippen LogP contribution in [-0.4, -0.2) is 16.7 Å². The maximum absolute atomic E-state index is 12.2. The fraction of sp³-hybridized carbons (Fsp3) is 0.214. The van der Waals surface area contributed by atoms with Crippen LogP contribution in [-0.2, 0) is 11.3 Å². The van der Waals surface area contributed by atoms with Gasteiger partial charge < -0.3 is 0 Å². The molecule has 0 bridgehead atoms. The Balaban J connectivity index is 2.06. The molecule has 0 aliphatic carbocycles. The van der Waals surface area contributed by atoms with Gasteiger partial charge in [-0.1, -0.05) is 15.9 Å². The van der Waals surface area contributed by atoms with Gasteiger partial charge in [0.1, 0.15) is 0 Å². The number of halogens is 1. The van der Waals surface area contributed by atoms with E-state index in [0.717, 1.165) is 19.9 Å². The number of aryl methyl sites for hydroxylation is 2. The van der Waals surface area contributed by atoms with E-state index in [0.29, 0.717) is 17.8 Å². The van der Waals surface area contributed by atoms with Crippen LogP contribution in [0.4, 0.5) is 5.69 Å². The second-order valence-corrected chi connectivity index (χ2v) is 6.92. The molecule has 0 unspecified atom stereocenters. The van der Waals surface area contributed by atoms with Crippen molar-refractivity contribution in [1.29, 1.82) is 0 Å². The summed E-state index contributed by atoms with van der Waals surface area (Å²) in [5.41, 5.74) is 2.10. The summed E-state index contributed by atoms with van der Waals surface area (Å²) in [5, 5.41) is 0.950. The highest BCUT2D eigenvalue weighted by molar-refractivity contribution is 9.10. The van der Waals surface area contributed by atoms with Crippen LogP contribution >= 0.6 is 27.3 Å². The number of fused-ring (bicyclic) bond motifs is 1. The Labute approximate surface area is 128 Å². The number of amides is 1. The van der Waals surface area contributed by atoms with E-state index >= 15 is 0 Å². The first-order valence-corrected chi connectivity index (χ1v) is 7.66. The molecule has 1 aromatic heterocycles. The summed E-state index contributed by atoms with van der Waals surface area (Å²) in [4.78, 5) is 31.0. The van der Waals surface area contributed by atoms with Gasteiger partial charge in [-0.15, -0.1) is 11.3 Å². The van der Waals surface area contributed by atoms with E-state index in [2.05, 4.69) is 20.9 Å². The van der Waals surface area contributed by atoms with E-state index in [-0.39, 0.29) is 0 Å². The Morgan fingerprint density at radius 1 is 1.30 bits per heavy atom. The van der Waals surface area contributed by atoms with Gasteiger partial charge in [0.2, 0.25) is 0 Å². The van der Waals surface area contributed by atoms with E-state index < -0.39 is 11.7 Å². The normalized spacial score (nSPS) is 14.1. The van der Waals surface area contributed by atoms with Crippen molar-refractivity contribution in [2.45, 2.75) is 20.4 Å². The summed E-state index contributed by atoms with van der Waals surface area (Å²) < 4.78 is 0.811. The van der Waals surface area contributed by atoms with Crippen LogP contribution in [0.25, 0.3) is 0 Å². The van der Waals surface area contributed by atoms with Crippen LogP contribution in [0.3, 0.4) is 0 Å². The van der Waals surface area contributed by atoms with Crippen molar-refractivity contribution in [3.05, 3.63) is 43.8 Å². The number of thiazole rings is 1. The number of ketones is 1. The van der Waals surface area contributed by atoms with E-state index in [1.807, 2.05) is 19.9 Å². The minimum absolute atomic E-state index is 0.394. The average molecular weight is 351 g/mol. The summed E-state index contributed by atoms with van der Waals surface area (Å²) in [6.45, 7) is 4.22. The van der Waals surface area contributed by atoms with Crippen LogP contribution in [0.15, 0.2) is 22.8 Å². The third-order valence-electron chi connectivity index (χ3n) is 3.20. The Hall–Kier alpha value is -1.53. The van der Waals surface area contributed by atoms with Gasteiger partial charge in [0.05, 0.1) is 22.8 Å². The number of Topliss-reactive ketones (excluding diaryl/α,β-unsaturated/α-hetero) is 1. The van der Waals surface area contributed by atoms with Crippen molar-refractivity contribution in [1.82, 2.24) is 4.98 Å². The van der Waals surface area contributed by atoms with Gasteiger partial charge in [0, 0.05) is 15.5 Å². The molecule has 20 heavy (non-hydrogen) atoms. The molecule has 0 saturated heterocycles. The van der Waals surface area contributed by atoms with E-state index in [1.54, 1.807) is 17.2 Å². The maximum atomic E-state index is 12.2. The number of hydrogen-bond acceptors (Lipinski definition) is 4. The fourth-order valence-electron chi connectivity index (χ4n) is 2.39. The van der Waals surface area contributed by atoms with Crippen molar-refractivity contribution < 1.29 is 9.59 Å². The topological polar surface area (TPSA) is 50.3 Å². The van der Waals surface area contributed by atoms with Gasteiger partial charge >= 0.3 is 0 Å². The number of carbonyl (C=O) groups excluding carboxylic acids is 2. The molecular formula is C14H11BrN2O2S. The standard InChI is InChI=1S/C14H11BrN2O2S/c1-7-3-9(15)4-11-12(7)17(14(19)13(11)18)6-10-5-16-8(2)20-10/h3-5H,6H2,1-2H3. The van der Waals surface area contributed by atoms with Crippen molar-refractivity contribution in [3.63, 3.8) is 0 Å². The molecule has 0 radical (unpaired) electrons. The number of rotatable bonds is 2. The molecule has 0 spiro atoms.